The third-order valence-corrected chi connectivity index (χ3v) is 3.87. The fourth-order valence-corrected chi connectivity index (χ4v) is 2.48. The minimum absolute atomic E-state index is 0.0491. The Bertz CT molecular complexity index is 861. The van der Waals surface area contributed by atoms with Crippen LogP contribution in [0.2, 0.25) is 0 Å². The van der Waals surface area contributed by atoms with Crippen LogP contribution in [-0.2, 0) is 4.79 Å². The molecule has 3 N–H and O–H groups in total. The highest BCUT2D eigenvalue weighted by atomic mass is 16.5. The molecule has 0 aliphatic heterocycles. The van der Waals surface area contributed by atoms with Crippen LogP contribution < -0.4 is 15.6 Å². The molecule has 0 fully saturated rings. The number of rotatable bonds is 6. The summed E-state index contributed by atoms with van der Waals surface area (Å²) in [7, 11) is 0. The van der Waals surface area contributed by atoms with Gasteiger partial charge >= 0.3 is 5.97 Å². The fraction of sp³-hybridized carbons (Fsp3) is 0.250. The lowest BCUT2D eigenvalue weighted by atomic mass is 10.0. The lowest BCUT2D eigenvalue weighted by Gasteiger charge is -2.15. The molecule has 27 heavy (non-hydrogen) atoms. The predicted molar refractivity (Wildman–Crippen MR) is 99.8 cm³/mol. The number of ether oxygens (including phenoxy) is 1. The number of aryl methyl sites for hydroxylation is 1. The summed E-state index contributed by atoms with van der Waals surface area (Å²) in [5, 5.41) is 9.11. The molecule has 0 aliphatic rings. The summed E-state index contributed by atoms with van der Waals surface area (Å²) in [6, 6.07) is 11.5. The number of benzene rings is 2. The lowest BCUT2D eigenvalue weighted by Crippen LogP contribution is -2.44. The first kappa shape index (κ1) is 20.0. The zero-order valence-electron chi connectivity index (χ0n) is 15.4. The first-order valence-electron chi connectivity index (χ1n) is 8.44. The van der Waals surface area contributed by atoms with Crippen molar-refractivity contribution in [1.82, 2.24) is 10.9 Å². The van der Waals surface area contributed by atoms with Crippen molar-refractivity contribution in [2.45, 2.75) is 26.7 Å². The number of nitrogens with one attached hydrogen (secondary N) is 2. The second-order valence-corrected chi connectivity index (χ2v) is 6.34. The molecule has 7 nitrogen and oxygen atoms in total. The number of carbonyl (C=O) groups is 3. The van der Waals surface area contributed by atoms with E-state index in [9.17, 15) is 14.4 Å². The quantitative estimate of drug-likeness (QED) is 0.678. The molecular formula is C20H22N2O5. The minimum Gasteiger partial charge on any atom is -0.483 e. The highest BCUT2D eigenvalue weighted by molar-refractivity contribution is 6.05. The van der Waals surface area contributed by atoms with Gasteiger partial charge in [0.05, 0.1) is 11.1 Å². The van der Waals surface area contributed by atoms with Gasteiger partial charge in [-0.2, -0.15) is 0 Å². The number of aromatic carboxylic acids is 1. The first-order valence-corrected chi connectivity index (χ1v) is 8.44. The average molecular weight is 370 g/mol. The summed E-state index contributed by atoms with van der Waals surface area (Å²) in [5.74, 6) is -1.67. The summed E-state index contributed by atoms with van der Waals surface area (Å²) < 4.78 is 5.58. The van der Waals surface area contributed by atoms with E-state index in [-0.39, 0.29) is 23.7 Å². The molecule has 0 heterocycles. The van der Waals surface area contributed by atoms with E-state index in [2.05, 4.69) is 10.9 Å². The lowest BCUT2D eigenvalue weighted by molar-refractivity contribution is -0.123. The second kappa shape index (κ2) is 8.84. The van der Waals surface area contributed by atoms with Crippen LogP contribution in [0.3, 0.4) is 0 Å². The number of hydrazine groups is 1. The monoisotopic (exact) mass is 370 g/mol. The van der Waals surface area contributed by atoms with E-state index in [1.54, 1.807) is 0 Å². The number of carboxylic acid groups (broad SMARTS) is 1. The first-order chi connectivity index (χ1) is 12.8. The van der Waals surface area contributed by atoms with Gasteiger partial charge < -0.3 is 9.84 Å². The molecule has 0 saturated carbocycles. The third-order valence-electron chi connectivity index (χ3n) is 3.87. The topological polar surface area (TPSA) is 105 Å². The van der Waals surface area contributed by atoms with Crippen LogP contribution in [0.25, 0.3) is 0 Å². The van der Waals surface area contributed by atoms with Crippen molar-refractivity contribution in [3.8, 4) is 5.75 Å². The van der Waals surface area contributed by atoms with Crippen LogP contribution in [0.15, 0.2) is 42.5 Å². The number of amides is 2. The number of carboxylic acids is 1. The second-order valence-electron chi connectivity index (χ2n) is 6.34. The Balaban J connectivity index is 1.95. The van der Waals surface area contributed by atoms with Gasteiger partial charge in [-0.15, -0.1) is 0 Å². The van der Waals surface area contributed by atoms with Crippen molar-refractivity contribution in [2.75, 3.05) is 6.61 Å². The zero-order chi connectivity index (χ0) is 20.0. The molecule has 0 unspecified atom stereocenters. The normalized spacial score (nSPS) is 10.4. The average Bonchev–Trinajstić information content (AvgIpc) is 2.64. The van der Waals surface area contributed by atoms with Gasteiger partial charge in [-0.05, 0) is 42.2 Å². The van der Waals surface area contributed by atoms with Crippen LogP contribution in [0, 0.1) is 6.92 Å². The van der Waals surface area contributed by atoms with Crippen molar-refractivity contribution < 1.29 is 24.2 Å². The Kier molecular flexibility index (Phi) is 6.54. The maximum absolute atomic E-state index is 12.1. The molecule has 0 atom stereocenters. The van der Waals surface area contributed by atoms with E-state index in [0.29, 0.717) is 5.75 Å². The van der Waals surface area contributed by atoms with Gasteiger partial charge in [-0.3, -0.25) is 20.4 Å². The van der Waals surface area contributed by atoms with Crippen LogP contribution in [0.5, 0.6) is 5.75 Å². The molecule has 142 valence electrons. The van der Waals surface area contributed by atoms with Crippen LogP contribution in [0.1, 0.15) is 51.6 Å². The molecule has 2 aromatic carbocycles. The summed E-state index contributed by atoms with van der Waals surface area (Å²) >= 11 is 0. The Hall–Kier alpha value is -3.35. The van der Waals surface area contributed by atoms with E-state index in [4.69, 9.17) is 9.84 Å². The van der Waals surface area contributed by atoms with E-state index < -0.39 is 17.8 Å². The number of hydrogen-bond acceptors (Lipinski definition) is 4. The molecule has 0 radical (unpaired) electrons. The van der Waals surface area contributed by atoms with Crippen LogP contribution in [0.4, 0.5) is 0 Å². The molecule has 2 rings (SSSR count). The number of hydrogen-bond donors (Lipinski definition) is 3. The van der Waals surface area contributed by atoms with Gasteiger partial charge in [0.25, 0.3) is 11.8 Å². The van der Waals surface area contributed by atoms with Gasteiger partial charge in [-0.25, -0.2) is 4.79 Å². The summed E-state index contributed by atoms with van der Waals surface area (Å²) in [5.41, 5.74) is 6.21. The molecule has 0 saturated heterocycles. The van der Waals surface area contributed by atoms with Gasteiger partial charge in [0.15, 0.2) is 6.61 Å². The summed E-state index contributed by atoms with van der Waals surface area (Å²) in [6.07, 6.45) is 0. The fourth-order valence-electron chi connectivity index (χ4n) is 2.48. The smallest absolute Gasteiger partial charge is 0.336 e. The molecule has 0 bridgehead atoms. The Labute approximate surface area is 157 Å². The van der Waals surface area contributed by atoms with Crippen molar-refractivity contribution in [3.05, 3.63) is 64.7 Å². The zero-order valence-corrected chi connectivity index (χ0v) is 15.4. The number of carbonyl (C=O) groups excluding carboxylic acids is 2. The maximum atomic E-state index is 12.1. The summed E-state index contributed by atoms with van der Waals surface area (Å²) in [6.45, 7) is 5.69. The van der Waals surface area contributed by atoms with E-state index in [0.717, 1.165) is 11.1 Å². The van der Waals surface area contributed by atoms with Crippen molar-refractivity contribution in [3.63, 3.8) is 0 Å². The Morgan fingerprint density at radius 1 is 1.04 bits per heavy atom. The van der Waals surface area contributed by atoms with Crippen molar-refractivity contribution >= 4 is 17.8 Å². The van der Waals surface area contributed by atoms with Crippen molar-refractivity contribution in [1.29, 1.82) is 0 Å². The third kappa shape index (κ3) is 5.31. The SMILES string of the molecule is Cc1ccc(C(C)C)c(OCC(=O)NNC(=O)c2ccccc2C(=O)O)c1. The Morgan fingerprint density at radius 2 is 1.70 bits per heavy atom. The highest BCUT2D eigenvalue weighted by Crippen LogP contribution is 2.27. The maximum Gasteiger partial charge on any atom is 0.336 e. The molecule has 0 aliphatic carbocycles. The molecule has 0 aromatic heterocycles. The van der Waals surface area contributed by atoms with Gasteiger partial charge in [0.1, 0.15) is 5.75 Å². The predicted octanol–water partition coefficient (Wildman–Crippen LogP) is 2.66. The molecular weight excluding hydrogens is 348 g/mol. The molecule has 2 aromatic rings. The molecule has 7 heteroatoms. The van der Waals surface area contributed by atoms with E-state index in [1.807, 2.05) is 39.0 Å². The van der Waals surface area contributed by atoms with Crippen molar-refractivity contribution in [2.24, 2.45) is 0 Å². The van der Waals surface area contributed by atoms with E-state index >= 15 is 0 Å². The van der Waals surface area contributed by atoms with Crippen LogP contribution >= 0.6 is 0 Å². The van der Waals surface area contributed by atoms with Gasteiger partial charge in [0.2, 0.25) is 0 Å². The molecule has 0 spiro atoms. The highest BCUT2D eigenvalue weighted by Gasteiger charge is 2.16. The minimum atomic E-state index is -1.23. The standard InChI is InChI=1S/C20H22N2O5/c1-12(2)14-9-8-13(3)10-17(14)27-11-18(23)21-22-19(24)15-6-4-5-7-16(15)20(25)26/h4-10,12H,11H2,1-3H3,(H,21,23)(H,22,24)(H,25,26). The van der Waals surface area contributed by atoms with Gasteiger partial charge in [0, 0.05) is 0 Å². The van der Waals surface area contributed by atoms with Crippen LogP contribution in [-0.4, -0.2) is 29.5 Å². The largest absolute Gasteiger partial charge is 0.483 e. The molecule has 2 amide bonds. The Morgan fingerprint density at radius 3 is 2.33 bits per heavy atom. The van der Waals surface area contributed by atoms with E-state index in [1.165, 1.54) is 24.3 Å². The summed E-state index contributed by atoms with van der Waals surface area (Å²) in [4.78, 5) is 35.2. The van der Waals surface area contributed by atoms with Gasteiger partial charge in [-0.1, -0.05) is 38.1 Å².